The molecule has 128 valence electrons. The van der Waals surface area contributed by atoms with Gasteiger partial charge >= 0.3 is 0 Å². The first-order valence-electron chi connectivity index (χ1n) is 8.40. The molecule has 3 rings (SSSR count). The zero-order valence-electron chi connectivity index (χ0n) is 14.1. The number of carbonyl (C=O) groups excluding carboxylic acids is 1. The van der Waals surface area contributed by atoms with E-state index in [-0.39, 0.29) is 12.5 Å². The van der Waals surface area contributed by atoms with Crippen LogP contribution in [0.5, 0.6) is 5.75 Å². The van der Waals surface area contributed by atoms with Gasteiger partial charge in [-0.3, -0.25) is 9.89 Å². The van der Waals surface area contributed by atoms with Crippen molar-refractivity contribution in [2.75, 3.05) is 25.0 Å². The van der Waals surface area contributed by atoms with Gasteiger partial charge in [0.2, 0.25) is 0 Å². The molecule has 24 heavy (non-hydrogen) atoms. The van der Waals surface area contributed by atoms with Crippen LogP contribution in [-0.2, 0) is 4.79 Å². The van der Waals surface area contributed by atoms with Crippen molar-refractivity contribution in [3.63, 3.8) is 0 Å². The van der Waals surface area contributed by atoms with Gasteiger partial charge in [0.05, 0.1) is 17.6 Å². The topological polar surface area (TPSA) is 79.0 Å². The van der Waals surface area contributed by atoms with Crippen LogP contribution in [0, 0.1) is 0 Å². The summed E-state index contributed by atoms with van der Waals surface area (Å²) < 4.78 is 5.56. The van der Waals surface area contributed by atoms with E-state index in [9.17, 15) is 4.79 Å². The predicted octanol–water partition coefficient (Wildman–Crippen LogP) is 2.63. The van der Waals surface area contributed by atoms with Crippen molar-refractivity contribution in [3.05, 3.63) is 41.7 Å². The number of nitrogens with one attached hydrogen (secondary N) is 3. The molecule has 1 unspecified atom stereocenters. The zero-order valence-corrected chi connectivity index (χ0v) is 14.1. The lowest BCUT2D eigenvalue weighted by atomic mass is 10.0. The van der Waals surface area contributed by atoms with Crippen LogP contribution in [0.4, 0.5) is 5.69 Å². The van der Waals surface area contributed by atoms with Gasteiger partial charge in [-0.1, -0.05) is 26.0 Å². The van der Waals surface area contributed by atoms with Crippen LogP contribution in [0.3, 0.4) is 0 Å². The van der Waals surface area contributed by atoms with Crippen LogP contribution >= 0.6 is 0 Å². The van der Waals surface area contributed by atoms with Crippen molar-refractivity contribution in [2.24, 2.45) is 0 Å². The van der Waals surface area contributed by atoms with Gasteiger partial charge in [0.25, 0.3) is 5.91 Å². The number of carbonyl (C=O) groups is 1. The average Bonchev–Trinajstić information content (AvgIpc) is 3.24. The number of nitrogens with zero attached hydrogens (tertiary/aromatic N) is 1. The van der Waals surface area contributed by atoms with Crippen LogP contribution in [0.2, 0.25) is 0 Å². The summed E-state index contributed by atoms with van der Waals surface area (Å²) in [5, 5.41) is 13.3. The Bertz CT molecular complexity index is 673. The molecule has 1 fully saturated rings. The molecule has 0 saturated carbocycles. The third-order valence-electron chi connectivity index (χ3n) is 4.33. The Morgan fingerprint density at radius 3 is 2.83 bits per heavy atom. The molecule has 0 bridgehead atoms. The molecule has 1 aliphatic heterocycles. The van der Waals surface area contributed by atoms with E-state index in [0.717, 1.165) is 30.9 Å². The summed E-state index contributed by atoms with van der Waals surface area (Å²) in [6, 6.07) is 7.85. The fraction of sp³-hybridized carbons (Fsp3) is 0.444. The quantitative estimate of drug-likeness (QED) is 0.761. The Labute approximate surface area is 142 Å². The normalized spacial score (nSPS) is 17.2. The van der Waals surface area contributed by atoms with Crippen molar-refractivity contribution in [1.29, 1.82) is 0 Å². The van der Waals surface area contributed by atoms with E-state index in [1.165, 1.54) is 5.56 Å². The Morgan fingerprint density at radius 1 is 1.38 bits per heavy atom. The summed E-state index contributed by atoms with van der Waals surface area (Å²) in [7, 11) is 0. The molecule has 1 atom stereocenters. The van der Waals surface area contributed by atoms with E-state index in [0.29, 0.717) is 17.6 Å². The van der Waals surface area contributed by atoms with E-state index in [4.69, 9.17) is 4.74 Å². The number of benzene rings is 1. The number of amides is 1. The maximum atomic E-state index is 12.1. The lowest BCUT2D eigenvalue weighted by Crippen LogP contribution is -2.21. The Hall–Kier alpha value is -2.34. The molecule has 6 heteroatoms. The summed E-state index contributed by atoms with van der Waals surface area (Å²) in [6.45, 7) is 6.17. The molecule has 1 saturated heterocycles. The first kappa shape index (κ1) is 16.5. The molecule has 1 aromatic carbocycles. The molecular weight excluding hydrogens is 304 g/mol. The van der Waals surface area contributed by atoms with Crippen LogP contribution < -0.4 is 15.4 Å². The van der Waals surface area contributed by atoms with E-state index < -0.39 is 0 Å². The fourth-order valence-corrected chi connectivity index (χ4v) is 2.89. The molecule has 0 radical (unpaired) electrons. The van der Waals surface area contributed by atoms with Gasteiger partial charge in [-0.25, -0.2) is 0 Å². The minimum Gasteiger partial charge on any atom is -0.484 e. The van der Waals surface area contributed by atoms with Crippen molar-refractivity contribution >= 4 is 11.6 Å². The number of hydrogen-bond acceptors (Lipinski definition) is 4. The highest BCUT2D eigenvalue weighted by Gasteiger charge is 2.22. The number of ether oxygens (including phenoxy) is 1. The molecule has 1 amide bonds. The number of hydrogen-bond donors (Lipinski definition) is 3. The van der Waals surface area contributed by atoms with Crippen molar-refractivity contribution in [2.45, 2.75) is 32.1 Å². The van der Waals surface area contributed by atoms with Gasteiger partial charge in [-0.2, -0.15) is 5.10 Å². The SMILES string of the molecule is CC(C)c1ccc(OCC(=O)Nc2cn[nH]c2C2CCNC2)cc1. The van der Waals surface area contributed by atoms with Crippen LogP contribution in [0.25, 0.3) is 0 Å². The number of aromatic amines is 1. The third kappa shape index (κ3) is 3.94. The summed E-state index contributed by atoms with van der Waals surface area (Å²) in [6.07, 6.45) is 2.70. The van der Waals surface area contributed by atoms with Crippen molar-refractivity contribution in [1.82, 2.24) is 15.5 Å². The summed E-state index contributed by atoms with van der Waals surface area (Å²) in [4.78, 5) is 12.1. The van der Waals surface area contributed by atoms with E-state index in [1.807, 2.05) is 24.3 Å². The highest BCUT2D eigenvalue weighted by molar-refractivity contribution is 5.92. The minimum absolute atomic E-state index is 0.0193. The highest BCUT2D eigenvalue weighted by Crippen LogP contribution is 2.26. The number of anilines is 1. The molecule has 0 spiro atoms. The van der Waals surface area contributed by atoms with E-state index in [1.54, 1.807) is 6.20 Å². The van der Waals surface area contributed by atoms with Gasteiger partial charge in [0.15, 0.2) is 6.61 Å². The summed E-state index contributed by atoms with van der Waals surface area (Å²) in [5.74, 6) is 1.36. The Kier molecular flexibility index (Phi) is 5.15. The van der Waals surface area contributed by atoms with Crippen molar-refractivity contribution < 1.29 is 9.53 Å². The first-order chi connectivity index (χ1) is 11.6. The summed E-state index contributed by atoms with van der Waals surface area (Å²) in [5.41, 5.74) is 2.97. The molecule has 1 aliphatic rings. The largest absolute Gasteiger partial charge is 0.484 e. The van der Waals surface area contributed by atoms with Gasteiger partial charge in [0.1, 0.15) is 5.75 Å². The van der Waals surface area contributed by atoms with Gasteiger partial charge in [-0.05, 0) is 36.6 Å². The molecule has 2 aromatic rings. The van der Waals surface area contributed by atoms with Crippen LogP contribution in [0.1, 0.15) is 43.4 Å². The molecular formula is C18H24N4O2. The van der Waals surface area contributed by atoms with E-state index >= 15 is 0 Å². The Balaban J connectivity index is 1.53. The number of aromatic nitrogens is 2. The maximum absolute atomic E-state index is 12.1. The summed E-state index contributed by atoms with van der Waals surface area (Å²) >= 11 is 0. The van der Waals surface area contributed by atoms with Crippen LogP contribution in [0.15, 0.2) is 30.5 Å². The predicted molar refractivity (Wildman–Crippen MR) is 93.5 cm³/mol. The van der Waals surface area contributed by atoms with Gasteiger partial charge in [0, 0.05) is 12.5 Å². The first-order valence-corrected chi connectivity index (χ1v) is 8.40. The molecule has 3 N–H and O–H groups in total. The number of rotatable bonds is 6. The third-order valence-corrected chi connectivity index (χ3v) is 4.33. The average molecular weight is 328 g/mol. The maximum Gasteiger partial charge on any atom is 0.262 e. The fourth-order valence-electron chi connectivity index (χ4n) is 2.89. The van der Waals surface area contributed by atoms with Gasteiger partial charge < -0.3 is 15.4 Å². The molecule has 6 nitrogen and oxygen atoms in total. The monoisotopic (exact) mass is 328 g/mol. The van der Waals surface area contributed by atoms with Crippen molar-refractivity contribution in [3.8, 4) is 5.75 Å². The second kappa shape index (κ2) is 7.49. The Morgan fingerprint density at radius 2 is 2.17 bits per heavy atom. The second-order valence-corrected chi connectivity index (χ2v) is 6.45. The molecule has 1 aromatic heterocycles. The minimum atomic E-state index is -0.184. The van der Waals surface area contributed by atoms with Gasteiger partial charge in [-0.15, -0.1) is 0 Å². The lowest BCUT2D eigenvalue weighted by molar-refractivity contribution is -0.118. The lowest BCUT2D eigenvalue weighted by Gasteiger charge is -2.11. The number of H-pyrrole nitrogens is 1. The zero-order chi connectivity index (χ0) is 16.9. The smallest absolute Gasteiger partial charge is 0.262 e. The van der Waals surface area contributed by atoms with Crippen LogP contribution in [-0.4, -0.2) is 35.8 Å². The highest BCUT2D eigenvalue weighted by atomic mass is 16.5. The second-order valence-electron chi connectivity index (χ2n) is 6.45. The van der Waals surface area contributed by atoms with E-state index in [2.05, 4.69) is 34.7 Å². The molecule has 2 heterocycles. The molecule has 0 aliphatic carbocycles. The standard InChI is InChI=1S/C18H24N4O2/c1-12(2)13-3-5-15(6-4-13)24-11-17(23)21-16-10-20-22-18(16)14-7-8-19-9-14/h3-6,10,12,14,19H,7-9,11H2,1-2H3,(H,20,22)(H,21,23).